The quantitative estimate of drug-likeness (QED) is 0.145. The monoisotopic (exact) mass is 674 g/mol. The number of carbonyl (C=O) groups is 1. The van der Waals surface area contributed by atoms with Crippen molar-refractivity contribution in [2.45, 2.75) is 24.8 Å². The molecule has 47 heavy (non-hydrogen) atoms. The van der Waals surface area contributed by atoms with Crippen molar-refractivity contribution in [1.82, 2.24) is 19.9 Å². The molecule has 1 aliphatic rings. The first-order valence-electron chi connectivity index (χ1n) is 15.0. The van der Waals surface area contributed by atoms with Crippen molar-refractivity contribution in [3.05, 3.63) is 107 Å². The van der Waals surface area contributed by atoms with Gasteiger partial charge in [0.05, 0.1) is 47.4 Å². The molecule has 1 fully saturated rings. The van der Waals surface area contributed by atoms with Gasteiger partial charge < -0.3 is 14.5 Å². The van der Waals surface area contributed by atoms with Crippen LogP contribution in [0.3, 0.4) is 0 Å². The summed E-state index contributed by atoms with van der Waals surface area (Å²) < 4.78 is 47.2. The molecule has 1 amide bonds. The van der Waals surface area contributed by atoms with Gasteiger partial charge in [-0.3, -0.25) is 14.5 Å². The predicted molar refractivity (Wildman–Crippen MR) is 179 cm³/mol. The van der Waals surface area contributed by atoms with Crippen LogP contribution in [0.5, 0.6) is 0 Å². The Morgan fingerprint density at radius 2 is 1.66 bits per heavy atom. The van der Waals surface area contributed by atoms with Crippen LogP contribution in [-0.2, 0) is 26.2 Å². The first kappa shape index (κ1) is 32.3. The Bertz CT molecular complexity index is 2000. The summed E-state index contributed by atoms with van der Waals surface area (Å²) in [4.78, 5) is 30.2. The summed E-state index contributed by atoms with van der Waals surface area (Å²) in [5, 5.41) is -0.0327. The molecule has 13 heteroatoms. The van der Waals surface area contributed by atoms with Crippen molar-refractivity contribution >= 4 is 50.1 Å². The average molecular weight is 675 g/mol. The minimum absolute atomic E-state index is 0.0327. The average Bonchev–Trinajstić information content (AvgIpc) is 3.08. The number of nitrogens with zero attached hydrogens (tertiary/aromatic N) is 5. The molecule has 0 aliphatic carbocycles. The van der Waals surface area contributed by atoms with Gasteiger partial charge in [0.15, 0.2) is 5.15 Å². The van der Waals surface area contributed by atoms with Gasteiger partial charge in [-0.25, -0.2) is 22.8 Å². The summed E-state index contributed by atoms with van der Waals surface area (Å²) in [5.41, 5.74) is 5.04. The van der Waals surface area contributed by atoms with Crippen LogP contribution >= 0.6 is 11.6 Å². The Kier molecular flexibility index (Phi) is 9.62. The third kappa shape index (κ3) is 7.84. The van der Waals surface area contributed by atoms with E-state index in [0.717, 1.165) is 23.3 Å². The van der Waals surface area contributed by atoms with Crippen molar-refractivity contribution < 1.29 is 22.3 Å². The van der Waals surface area contributed by atoms with Crippen molar-refractivity contribution in [1.29, 1.82) is 0 Å². The van der Waals surface area contributed by atoms with Gasteiger partial charge in [-0.1, -0.05) is 47.5 Å². The van der Waals surface area contributed by atoms with E-state index in [0.29, 0.717) is 68.2 Å². The number of carbonyl (C=O) groups excluding carboxylic acids is 1. The van der Waals surface area contributed by atoms with Gasteiger partial charge in [0.2, 0.25) is 5.91 Å². The molecule has 6 rings (SSSR count). The lowest BCUT2D eigenvalue weighted by Crippen LogP contribution is -2.49. The second-order valence-corrected chi connectivity index (χ2v) is 13.2. The van der Waals surface area contributed by atoms with Gasteiger partial charge in [0, 0.05) is 37.9 Å². The molecule has 0 spiro atoms. The van der Waals surface area contributed by atoms with E-state index in [1.807, 2.05) is 54.3 Å². The van der Waals surface area contributed by atoms with Crippen LogP contribution in [-0.4, -0.2) is 67.0 Å². The number of sulfonamides is 1. The van der Waals surface area contributed by atoms with E-state index in [1.165, 1.54) is 17.7 Å². The number of hydrogen-bond acceptors (Lipinski definition) is 8. The fourth-order valence-electron chi connectivity index (χ4n) is 5.21. The van der Waals surface area contributed by atoms with Crippen molar-refractivity contribution in [3.8, 4) is 11.1 Å². The minimum Gasteiger partial charge on any atom is -0.376 e. The lowest BCUT2D eigenvalue weighted by Gasteiger charge is -2.35. The van der Waals surface area contributed by atoms with E-state index in [4.69, 9.17) is 21.3 Å². The van der Waals surface area contributed by atoms with Crippen molar-refractivity contribution in [2.24, 2.45) is 0 Å². The number of aromatic nitrogens is 3. The van der Waals surface area contributed by atoms with Gasteiger partial charge in [0.1, 0.15) is 11.6 Å². The third-order valence-electron chi connectivity index (χ3n) is 7.88. The summed E-state index contributed by atoms with van der Waals surface area (Å²) in [6.45, 7) is 5.28. The summed E-state index contributed by atoms with van der Waals surface area (Å²) in [6.07, 6.45) is 3.60. The van der Waals surface area contributed by atoms with Crippen molar-refractivity contribution in [3.63, 3.8) is 0 Å². The Balaban J connectivity index is 1.08. The van der Waals surface area contributed by atoms with Gasteiger partial charge in [-0.15, -0.1) is 0 Å². The number of aryl methyl sites for hydroxylation is 1. The number of anilines is 2. The van der Waals surface area contributed by atoms with Gasteiger partial charge in [-0.2, -0.15) is 0 Å². The molecular weight excluding hydrogens is 643 g/mol. The number of ether oxygens (including phenoxy) is 1. The van der Waals surface area contributed by atoms with Crippen LogP contribution in [0.15, 0.2) is 90.1 Å². The maximum absolute atomic E-state index is 13.3. The van der Waals surface area contributed by atoms with Crippen LogP contribution in [0, 0.1) is 12.7 Å². The smallest absolute Gasteiger partial charge is 0.261 e. The molecule has 3 heterocycles. The van der Waals surface area contributed by atoms with Crippen LogP contribution in [0.2, 0.25) is 5.15 Å². The number of halogens is 2. The SMILES string of the molecule is Cc1ccc(COCCC(=O)N2CCN(c3cnc4ccc(-c5cnc(Cl)c(NS(=O)(=O)c6ccc(F)cc6)c5)cc4n3)CC2)cc1. The summed E-state index contributed by atoms with van der Waals surface area (Å²) in [6, 6.07) is 19.7. The molecule has 0 atom stereocenters. The predicted octanol–water partition coefficient (Wildman–Crippen LogP) is 5.85. The lowest BCUT2D eigenvalue weighted by molar-refractivity contribution is -0.132. The Morgan fingerprint density at radius 3 is 2.40 bits per heavy atom. The molecular formula is C34H32ClFN6O4S. The maximum atomic E-state index is 13.3. The second-order valence-electron chi connectivity index (χ2n) is 11.2. The summed E-state index contributed by atoms with van der Waals surface area (Å²) in [7, 11) is -4.03. The number of amides is 1. The highest BCUT2D eigenvalue weighted by molar-refractivity contribution is 7.92. The second kappa shape index (κ2) is 14.0. The molecule has 0 radical (unpaired) electrons. The largest absolute Gasteiger partial charge is 0.376 e. The zero-order valence-corrected chi connectivity index (χ0v) is 27.1. The normalized spacial score (nSPS) is 13.6. The number of nitrogens with one attached hydrogen (secondary N) is 1. The molecule has 2 aromatic heterocycles. The first-order chi connectivity index (χ1) is 22.6. The highest BCUT2D eigenvalue weighted by Crippen LogP contribution is 2.30. The first-order valence-corrected chi connectivity index (χ1v) is 16.9. The molecule has 0 bridgehead atoms. The van der Waals surface area contributed by atoms with Gasteiger partial charge in [-0.05, 0) is 60.5 Å². The summed E-state index contributed by atoms with van der Waals surface area (Å²) >= 11 is 6.24. The van der Waals surface area contributed by atoms with E-state index in [1.54, 1.807) is 18.5 Å². The van der Waals surface area contributed by atoms with Crippen LogP contribution < -0.4 is 9.62 Å². The van der Waals surface area contributed by atoms with Gasteiger partial charge in [0.25, 0.3) is 10.0 Å². The van der Waals surface area contributed by atoms with Gasteiger partial charge >= 0.3 is 0 Å². The Labute approximate surface area is 277 Å². The third-order valence-corrected chi connectivity index (χ3v) is 9.56. The highest BCUT2D eigenvalue weighted by atomic mass is 35.5. The molecule has 10 nitrogen and oxygen atoms in total. The number of pyridine rings is 1. The molecule has 1 saturated heterocycles. The van der Waals surface area contributed by atoms with E-state index in [-0.39, 0.29) is 21.6 Å². The van der Waals surface area contributed by atoms with Crippen molar-refractivity contribution in [2.75, 3.05) is 42.4 Å². The molecule has 242 valence electrons. The van der Waals surface area contributed by atoms with E-state index in [9.17, 15) is 17.6 Å². The zero-order valence-electron chi connectivity index (χ0n) is 25.6. The molecule has 1 N–H and O–H groups in total. The number of piperazine rings is 1. The van der Waals surface area contributed by atoms with Crippen LogP contribution in [0.4, 0.5) is 15.9 Å². The van der Waals surface area contributed by atoms with E-state index < -0.39 is 15.8 Å². The van der Waals surface area contributed by atoms with E-state index in [2.05, 4.69) is 19.6 Å². The van der Waals surface area contributed by atoms with Crippen LogP contribution in [0.25, 0.3) is 22.2 Å². The molecule has 5 aromatic rings. The molecule has 1 aliphatic heterocycles. The zero-order chi connectivity index (χ0) is 33.0. The maximum Gasteiger partial charge on any atom is 0.261 e. The molecule has 3 aromatic carbocycles. The number of rotatable bonds is 10. The highest BCUT2D eigenvalue weighted by Gasteiger charge is 2.22. The fraction of sp³-hybridized carbons (Fsp3) is 0.235. The lowest BCUT2D eigenvalue weighted by atomic mass is 10.1. The number of hydrogen-bond donors (Lipinski definition) is 1. The number of benzene rings is 3. The molecule has 0 saturated carbocycles. The Morgan fingerprint density at radius 1 is 0.915 bits per heavy atom. The van der Waals surface area contributed by atoms with Crippen LogP contribution in [0.1, 0.15) is 17.5 Å². The minimum atomic E-state index is -4.03. The Hall–Kier alpha value is -4.65. The van der Waals surface area contributed by atoms with E-state index >= 15 is 0 Å². The fourth-order valence-corrected chi connectivity index (χ4v) is 6.47. The molecule has 0 unspecified atom stereocenters. The summed E-state index contributed by atoms with van der Waals surface area (Å²) in [5.74, 6) is 0.223. The topological polar surface area (TPSA) is 118 Å². The number of fused-ring (bicyclic) bond motifs is 1. The standard InChI is InChI=1S/C34H32ClFN6O4S/c1-23-2-4-24(5-3-23)22-46-17-12-33(43)42-15-13-41(14-16-42)32-21-37-29-11-6-25(18-30(29)39-32)26-19-31(34(35)38-20-26)40-47(44,45)28-9-7-27(36)8-10-28/h2-11,18-21,40H,12-17,22H2,1H3.